The van der Waals surface area contributed by atoms with E-state index in [-0.39, 0.29) is 33.3 Å². The second-order valence-electron chi connectivity index (χ2n) is 8.46. The number of alkyl halides is 3. The minimum atomic E-state index is -4.64. The minimum absolute atomic E-state index is 0.0217. The third-order valence-corrected chi connectivity index (χ3v) is 6.12. The van der Waals surface area contributed by atoms with E-state index in [4.69, 9.17) is 16.7 Å². The molecule has 2 N–H and O–H groups in total. The van der Waals surface area contributed by atoms with Gasteiger partial charge in [-0.15, -0.1) is 0 Å². The Labute approximate surface area is 203 Å². The Balaban J connectivity index is 1.64. The van der Waals surface area contributed by atoms with Gasteiger partial charge in [-0.2, -0.15) is 17.9 Å². The van der Waals surface area contributed by atoms with Crippen LogP contribution in [-0.4, -0.2) is 17.0 Å². The van der Waals surface area contributed by atoms with Crippen molar-refractivity contribution < 1.29 is 32.6 Å². The van der Waals surface area contributed by atoms with E-state index in [1.165, 1.54) is 36.4 Å². The summed E-state index contributed by atoms with van der Waals surface area (Å²) in [5.41, 5.74) is -0.604. The van der Waals surface area contributed by atoms with Crippen LogP contribution in [0.15, 0.2) is 60.8 Å². The van der Waals surface area contributed by atoms with Gasteiger partial charge in [-0.25, -0.2) is 4.79 Å². The average Bonchev–Trinajstić information content (AvgIpc) is 3.61. The van der Waals surface area contributed by atoms with Gasteiger partial charge in [0.2, 0.25) is 11.6 Å². The first-order valence-corrected chi connectivity index (χ1v) is 11.1. The number of rotatable bonds is 7. The molecule has 4 rings (SSSR count). The molecule has 1 saturated carbocycles. The predicted molar refractivity (Wildman–Crippen MR) is 123 cm³/mol. The third kappa shape index (κ3) is 5.74. The molecule has 35 heavy (non-hydrogen) atoms. The molecule has 0 aliphatic heterocycles. The van der Waals surface area contributed by atoms with Gasteiger partial charge in [-0.05, 0) is 60.9 Å². The van der Waals surface area contributed by atoms with Crippen molar-refractivity contribution in [1.82, 2.24) is 0 Å². The zero-order valence-corrected chi connectivity index (χ0v) is 18.9. The summed E-state index contributed by atoms with van der Waals surface area (Å²) in [7, 11) is 0. The number of nitrogens with zero attached hydrogens (tertiary/aromatic N) is 1. The summed E-state index contributed by atoms with van der Waals surface area (Å²) in [5, 5.41) is 24.7. The summed E-state index contributed by atoms with van der Waals surface area (Å²) in [5.74, 6) is -2.13. The minimum Gasteiger partial charge on any atom is -0.618 e. The maximum Gasteiger partial charge on any atom is 0.417 e. The largest absolute Gasteiger partial charge is 0.618 e. The molecule has 1 atom stereocenters. The van der Waals surface area contributed by atoms with Crippen LogP contribution in [0.5, 0.6) is 0 Å². The summed E-state index contributed by atoms with van der Waals surface area (Å²) in [4.78, 5) is 24.1. The number of carbonyl (C=O) groups is 2. The van der Waals surface area contributed by atoms with Crippen LogP contribution in [0.1, 0.15) is 46.8 Å². The number of nitrogens with one attached hydrogen (secondary N) is 1. The van der Waals surface area contributed by atoms with Crippen LogP contribution in [0.25, 0.3) is 11.1 Å². The molecule has 1 aliphatic carbocycles. The summed E-state index contributed by atoms with van der Waals surface area (Å²) in [6.07, 6.45) is -1.37. The number of aromatic carboxylic acids is 1. The van der Waals surface area contributed by atoms with Gasteiger partial charge in [-0.1, -0.05) is 24.4 Å². The average molecular weight is 505 g/mol. The highest BCUT2D eigenvalue weighted by Gasteiger charge is 2.36. The van der Waals surface area contributed by atoms with Crippen molar-refractivity contribution >= 4 is 29.2 Å². The Morgan fingerprint density at radius 1 is 1.11 bits per heavy atom. The molecule has 6 nitrogen and oxygen atoms in total. The van der Waals surface area contributed by atoms with Crippen molar-refractivity contribution in [2.75, 3.05) is 5.32 Å². The van der Waals surface area contributed by atoms with Crippen molar-refractivity contribution in [1.29, 1.82) is 0 Å². The molecule has 0 radical (unpaired) electrons. The number of pyridine rings is 1. The van der Waals surface area contributed by atoms with Crippen molar-refractivity contribution in [3.63, 3.8) is 0 Å². The van der Waals surface area contributed by atoms with Crippen molar-refractivity contribution in [2.45, 2.75) is 31.4 Å². The number of amides is 1. The van der Waals surface area contributed by atoms with Gasteiger partial charge >= 0.3 is 12.1 Å². The van der Waals surface area contributed by atoms with Crippen LogP contribution >= 0.6 is 11.6 Å². The first-order valence-electron chi connectivity index (χ1n) is 10.8. The lowest BCUT2D eigenvalue weighted by atomic mass is 9.94. The second kappa shape index (κ2) is 9.58. The van der Waals surface area contributed by atoms with Gasteiger partial charge in [0.15, 0.2) is 6.20 Å². The van der Waals surface area contributed by atoms with Gasteiger partial charge in [0, 0.05) is 27.9 Å². The molecule has 0 spiro atoms. The Morgan fingerprint density at radius 3 is 2.37 bits per heavy atom. The maximum atomic E-state index is 13.5. The van der Waals surface area contributed by atoms with Crippen molar-refractivity contribution in [3.05, 3.63) is 87.8 Å². The Hall–Kier alpha value is -3.59. The topological polar surface area (TPSA) is 93.3 Å². The first-order chi connectivity index (χ1) is 16.5. The molecule has 10 heteroatoms. The zero-order chi connectivity index (χ0) is 25.3. The van der Waals surface area contributed by atoms with E-state index in [0.29, 0.717) is 16.8 Å². The van der Waals surface area contributed by atoms with Gasteiger partial charge in [0.25, 0.3) is 0 Å². The Morgan fingerprint density at radius 2 is 1.80 bits per heavy atom. The number of anilines is 1. The lowest BCUT2D eigenvalue weighted by molar-refractivity contribution is -0.614. The van der Waals surface area contributed by atoms with Gasteiger partial charge < -0.3 is 15.6 Å². The van der Waals surface area contributed by atoms with Gasteiger partial charge in [0.05, 0.1) is 11.1 Å². The molecule has 1 heterocycles. The molecular formula is C25H20ClF3N2O4. The molecule has 3 aromatic rings. The highest BCUT2D eigenvalue weighted by atomic mass is 35.5. The van der Waals surface area contributed by atoms with Crippen LogP contribution < -0.4 is 10.0 Å². The van der Waals surface area contributed by atoms with E-state index in [0.717, 1.165) is 37.2 Å². The lowest BCUT2D eigenvalue weighted by Crippen LogP contribution is -2.37. The molecule has 1 fully saturated rings. The fourth-order valence-corrected chi connectivity index (χ4v) is 4.07. The van der Waals surface area contributed by atoms with Gasteiger partial charge in [0.1, 0.15) is 5.92 Å². The molecule has 1 aromatic heterocycles. The zero-order valence-electron chi connectivity index (χ0n) is 18.2. The van der Waals surface area contributed by atoms with Gasteiger partial charge in [-0.3, -0.25) is 4.79 Å². The van der Waals surface area contributed by atoms with Crippen LogP contribution in [-0.2, 0) is 11.0 Å². The molecular weight excluding hydrogens is 485 g/mol. The highest BCUT2D eigenvalue weighted by Crippen LogP contribution is 2.40. The summed E-state index contributed by atoms with van der Waals surface area (Å²) >= 11 is 5.91. The SMILES string of the molecule is O=C(O)c1ccc(NC(=O)[C@@H](CC2CC2)c2ccc(-c3cc(Cl)ccc3C(F)(F)F)c[n+]2[O-])cc1. The molecule has 0 saturated heterocycles. The lowest BCUT2D eigenvalue weighted by Gasteiger charge is -2.18. The number of halogens is 4. The van der Waals surface area contributed by atoms with E-state index in [1.54, 1.807) is 0 Å². The molecule has 0 bridgehead atoms. The Bertz CT molecular complexity index is 1270. The number of aromatic nitrogens is 1. The number of carboxylic acids is 1. The van der Waals surface area contributed by atoms with E-state index >= 15 is 0 Å². The molecule has 0 unspecified atom stereocenters. The van der Waals surface area contributed by atoms with Crippen LogP contribution in [0, 0.1) is 11.1 Å². The van der Waals surface area contributed by atoms with Crippen molar-refractivity contribution in [2.24, 2.45) is 5.92 Å². The second-order valence-corrected chi connectivity index (χ2v) is 8.90. The van der Waals surface area contributed by atoms with E-state index in [2.05, 4.69) is 5.32 Å². The standard InChI is InChI=1S/C25H20ClF3N2O4/c26-17-6-9-21(25(27,28)29)19(12-17)16-5-10-22(31(35)13-16)20(11-14-1-2-14)23(32)30-18-7-3-15(4-8-18)24(33)34/h3-10,12-14,20H,1-2,11H2,(H,30,32)(H,33,34)/t20-/m0/s1. The molecule has 1 amide bonds. The monoisotopic (exact) mass is 504 g/mol. The molecule has 2 aromatic carbocycles. The fraction of sp³-hybridized carbons (Fsp3) is 0.240. The fourth-order valence-electron chi connectivity index (χ4n) is 3.90. The van der Waals surface area contributed by atoms with E-state index in [1.807, 2.05) is 0 Å². The summed E-state index contributed by atoms with van der Waals surface area (Å²) in [6, 6.07) is 11.5. The predicted octanol–water partition coefficient (Wildman–Crippen LogP) is 5.88. The summed E-state index contributed by atoms with van der Waals surface area (Å²) in [6.45, 7) is 0. The Kier molecular flexibility index (Phi) is 6.71. The number of hydrogen-bond acceptors (Lipinski definition) is 3. The number of carboxylic acid groups (broad SMARTS) is 1. The number of benzene rings is 2. The normalized spacial score (nSPS) is 14.4. The van der Waals surface area contributed by atoms with E-state index in [9.17, 15) is 28.0 Å². The van der Waals surface area contributed by atoms with Crippen molar-refractivity contribution in [3.8, 4) is 11.1 Å². The third-order valence-electron chi connectivity index (χ3n) is 5.88. The highest BCUT2D eigenvalue weighted by molar-refractivity contribution is 6.30. The molecule has 1 aliphatic rings. The van der Waals surface area contributed by atoms with E-state index < -0.39 is 29.5 Å². The van der Waals surface area contributed by atoms with Crippen LogP contribution in [0.2, 0.25) is 5.02 Å². The first kappa shape index (κ1) is 24.5. The van der Waals surface area contributed by atoms with Crippen LogP contribution in [0.3, 0.4) is 0 Å². The summed E-state index contributed by atoms with van der Waals surface area (Å²) < 4.78 is 40.9. The smallest absolute Gasteiger partial charge is 0.417 e. The number of hydrogen-bond donors (Lipinski definition) is 2. The maximum absolute atomic E-state index is 13.5. The number of carbonyl (C=O) groups excluding carboxylic acids is 1. The van der Waals surface area contributed by atoms with Crippen LogP contribution in [0.4, 0.5) is 18.9 Å². The quantitative estimate of drug-likeness (QED) is 0.310. The molecule has 182 valence electrons.